The van der Waals surface area contributed by atoms with Crippen LogP contribution in [0.15, 0.2) is 17.1 Å². The number of benzene rings is 1. The van der Waals surface area contributed by atoms with Gasteiger partial charge >= 0.3 is 12.1 Å². The third-order valence-electron chi connectivity index (χ3n) is 6.72. The highest BCUT2D eigenvalue weighted by Gasteiger charge is 2.62. The van der Waals surface area contributed by atoms with Crippen molar-refractivity contribution in [2.24, 2.45) is 0 Å². The molecule has 8 nitrogen and oxygen atoms in total. The number of hydrogen-bond acceptors (Lipinski definition) is 5. The fraction of sp³-hybridized carbons (Fsp3) is 0.542. The fourth-order valence-corrected chi connectivity index (χ4v) is 5.47. The number of aromatic carboxylic acids is 1. The first-order valence-electron chi connectivity index (χ1n) is 11.5. The van der Waals surface area contributed by atoms with Crippen molar-refractivity contribution in [2.75, 3.05) is 18.0 Å². The van der Waals surface area contributed by atoms with Gasteiger partial charge in [-0.3, -0.25) is 4.79 Å². The Morgan fingerprint density at radius 1 is 1.20 bits per heavy atom. The van der Waals surface area contributed by atoms with Gasteiger partial charge in [-0.15, -0.1) is 0 Å². The molecule has 2 N–H and O–H groups in total. The predicted molar refractivity (Wildman–Crippen MR) is 121 cm³/mol. The van der Waals surface area contributed by atoms with Crippen LogP contribution in [0.5, 0.6) is 0 Å². The topological polar surface area (TPSA) is 101 Å². The maximum atomic E-state index is 15.9. The van der Waals surface area contributed by atoms with E-state index in [4.69, 9.17) is 4.74 Å². The normalized spacial score (nSPS) is 25.8. The molecule has 0 spiro atoms. The molecule has 1 amide bonds. The summed E-state index contributed by atoms with van der Waals surface area (Å²) in [5.74, 6) is -3.64. The predicted octanol–water partition coefficient (Wildman–Crippen LogP) is 3.90. The molecule has 2 aliphatic heterocycles. The molecule has 188 valence electrons. The standard InChI is InChI=1S/C24H26F3N3O5/c1-22(2,3)35-21(34)28-24-8-23(27,9-24)10-29(11-24)18-15(25)6-13-17(16(18)26)30(12-4-5-12)7-14(19(13)31)20(32)33/h6-7,12H,4-5,8-11H2,1-3H3,(H,28,34)(H,32,33). The van der Waals surface area contributed by atoms with E-state index in [0.717, 1.165) is 12.3 Å². The van der Waals surface area contributed by atoms with Gasteiger partial charge in [0.25, 0.3) is 0 Å². The molecule has 0 atom stereocenters. The van der Waals surface area contributed by atoms with Crippen molar-refractivity contribution < 1.29 is 32.6 Å². The van der Waals surface area contributed by atoms with E-state index in [9.17, 15) is 19.5 Å². The number of rotatable bonds is 4. The second kappa shape index (κ2) is 7.38. The van der Waals surface area contributed by atoms with Crippen LogP contribution in [0.25, 0.3) is 10.9 Å². The number of amides is 1. The Kier molecular flexibility index (Phi) is 4.95. The lowest BCUT2D eigenvalue weighted by molar-refractivity contribution is -0.0523. The van der Waals surface area contributed by atoms with Gasteiger partial charge in [-0.1, -0.05) is 0 Å². The first-order valence-corrected chi connectivity index (χ1v) is 11.5. The summed E-state index contributed by atoms with van der Waals surface area (Å²) < 4.78 is 53.2. The lowest BCUT2D eigenvalue weighted by Gasteiger charge is -2.59. The van der Waals surface area contributed by atoms with Gasteiger partial charge < -0.3 is 24.6 Å². The van der Waals surface area contributed by atoms with E-state index in [2.05, 4.69) is 5.32 Å². The Bertz CT molecular complexity index is 1320. The molecule has 0 radical (unpaired) electrons. The number of halogens is 3. The van der Waals surface area contributed by atoms with Crippen molar-refractivity contribution in [1.82, 2.24) is 9.88 Å². The van der Waals surface area contributed by atoms with Gasteiger partial charge in [-0.05, 0) is 39.7 Å². The first kappa shape index (κ1) is 23.5. The number of carboxylic acid groups (broad SMARTS) is 1. The molecular weight excluding hydrogens is 467 g/mol. The molecular formula is C24H26F3N3O5. The lowest BCUT2D eigenvalue weighted by atomic mass is 9.62. The summed E-state index contributed by atoms with van der Waals surface area (Å²) in [4.78, 5) is 37.8. The van der Waals surface area contributed by atoms with Crippen LogP contribution in [0.1, 0.15) is 62.9 Å². The number of fused-ring (bicyclic) bond motifs is 3. The minimum atomic E-state index is -1.76. The van der Waals surface area contributed by atoms with E-state index in [0.29, 0.717) is 12.8 Å². The lowest BCUT2D eigenvalue weighted by Crippen LogP contribution is -2.75. The van der Waals surface area contributed by atoms with Crippen LogP contribution in [0.3, 0.4) is 0 Å². The van der Waals surface area contributed by atoms with Crippen molar-refractivity contribution in [3.63, 3.8) is 0 Å². The average molecular weight is 493 g/mol. The van der Waals surface area contributed by atoms with Gasteiger partial charge in [0.2, 0.25) is 5.43 Å². The summed E-state index contributed by atoms with van der Waals surface area (Å²) in [7, 11) is 0. The Labute approximate surface area is 198 Å². The highest BCUT2D eigenvalue weighted by Crippen LogP contribution is 2.51. The quantitative estimate of drug-likeness (QED) is 0.670. The van der Waals surface area contributed by atoms with E-state index >= 15 is 13.2 Å². The molecule has 4 fully saturated rings. The Morgan fingerprint density at radius 2 is 1.86 bits per heavy atom. The Morgan fingerprint density at radius 3 is 2.43 bits per heavy atom. The van der Waals surface area contributed by atoms with Crippen molar-refractivity contribution in [2.45, 2.75) is 69.3 Å². The second-order valence-corrected chi connectivity index (χ2v) is 11.0. The number of alkyl carbamates (subject to hydrolysis) is 1. The highest BCUT2D eigenvalue weighted by molar-refractivity contribution is 5.94. The number of pyridine rings is 1. The number of aromatic nitrogens is 1. The van der Waals surface area contributed by atoms with Crippen molar-refractivity contribution in [1.29, 1.82) is 0 Å². The largest absolute Gasteiger partial charge is 0.477 e. The van der Waals surface area contributed by atoms with E-state index < -0.39 is 57.2 Å². The highest BCUT2D eigenvalue weighted by atomic mass is 19.1. The van der Waals surface area contributed by atoms with Crippen LogP contribution in [-0.2, 0) is 4.74 Å². The number of anilines is 1. The summed E-state index contributed by atoms with van der Waals surface area (Å²) >= 11 is 0. The summed E-state index contributed by atoms with van der Waals surface area (Å²) in [6, 6.07) is 0.604. The van der Waals surface area contributed by atoms with Crippen molar-refractivity contribution in [3.05, 3.63) is 39.7 Å². The summed E-state index contributed by atoms with van der Waals surface area (Å²) in [5.41, 5.74) is -5.87. The third kappa shape index (κ3) is 4.00. The number of ether oxygens (including phenoxy) is 1. The van der Waals surface area contributed by atoms with Crippen LogP contribution in [0.2, 0.25) is 0 Å². The maximum Gasteiger partial charge on any atom is 0.408 e. The molecule has 2 saturated carbocycles. The monoisotopic (exact) mass is 493 g/mol. The van der Waals surface area contributed by atoms with E-state index in [1.807, 2.05) is 0 Å². The molecule has 3 heterocycles. The molecule has 2 aliphatic carbocycles. The molecule has 35 heavy (non-hydrogen) atoms. The smallest absolute Gasteiger partial charge is 0.408 e. The van der Waals surface area contributed by atoms with Crippen LogP contribution in [-0.4, -0.2) is 51.6 Å². The van der Waals surface area contributed by atoms with Gasteiger partial charge in [-0.25, -0.2) is 22.8 Å². The summed E-state index contributed by atoms with van der Waals surface area (Å²) in [5, 5.41) is 11.7. The zero-order valence-electron chi connectivity index (χ0n) is 19.6. The van der Waals surface area contributed by atoms with E-state index in [1.54, 1.807) is 20.8 Å². The summed E-state index contributed by atoms with van der Waals surface area (Å²) in [6.07, 6.45) is 1.63. The van der Waals surface area contributed by atoms with E-state index in [1.165, 1.54) is 9.47 Å². The van der Waals surface area contributed by atoms with Crippen LogP contribution >= 0.6 is 0 Å². The zero-order chi connectivity index (χ0) is 25.5. The van der Waals surface area contributed by atoms with Crippen molar-refractivity contribution in [3.8, 4) is 0 Å². The zero-order valence-corrected chi connectivity index (χ0v) is 19.6. The minimum absolute atomic E-state index is 0.0126. The van der Waals surface area contributed by atoms with E-state index in [-0.39, 0.29) is 42.9 Å². The number of hydrogen-bond donors (Lipinski definition) is 2. The number of piperidine rings is 2. The second-order valence-electron chi connectivity index (χ2n) is 11.0. The Hall–Kier alpha value is -3.24. The number of nitrogens with zero attached hydrogens (tertiary/aromatic N) is 2. The molecule has 4 aliphatic rings. The molecule has 6 rings (SSSR count). The molecule has 1 aromatic heterocycles. The van der Waals surface area contributed by atoms with Gasteiger partial charge in [0.05, 0.1) is 23.0 Å². The van der Waals surface area contributed by atoms with Crippen LogP contribution in [0, 0.1) is 11.6 Å². The maximum absolute atomic E-state index is 15.9. The number of carbonyl (C=O) groups excluding carboxylic acids is 1. The van der Waals surface area contributed by atoms with Gasteiger partial charge in [-0.2, -0.15) is 0 Å². The SMILES string of the molecule is CC(C)(C)OC(=O)NC12CN(c3c(F)cc4c(=O)c(C(=O)O)cn(C5CC5)c4c3F)CC(F)(C1)C2. The molecule has 2 aromatic rings. The van der Waals surface area contributed by atoms with Gasteiger partial charge in [0, 0.05) is 31.6 Å². The van der Waals surface area contributed by atoms with Crippen molar-refractivity contribution >= 4 is 28.7 Å². The fourth-order valence-electron chi connectivity index (χ4n) is 5.47. The van der Waals surface area contributed by atoms with Crippen LogP contribution in [0.4, 0.5) is 23.7 Å². The number of carbonyl (C=O) groups is 2. The number of nitrogens with one attached hydrogen (secondary N) is 1. The average Bonchev–Trinajstić information content (AvgIpc) is 3.50. The first-order chi connectivity index (χ1) is 16.2. The Balaban J connectivity index is 1.57. The molecule has 2 bridgehead atoms. The van der Waals surface area contributed by atoms with Crippen LogP contribution < -0.4 is 15.6 Å². The third-order valence-corrected chi connectivity index (χ3v) is 6.72. The molecule has 2 saturated heterocycles. The molecule has 1 aromatic carbocycles. The summed E-state index contributed by atoms with van der Waals surface area (Å²) in [6.45, 7) is 4.72. The number of carboxylic acids is 1. The molecule has 11 heteroatoms. The molecule has 0 unspecified atom stereocenters. The number of alkyl halides is 1. The minimum Gasteiger partial charge on any atom is -0.477 e. The van der Waals surface area contributed by atoms with Gasteiger partial charge in [0.15, 0.2) is 5.82 Å². The van der Waals surface area contributed by atoms with Gasteiger partial charge in [0.1, 0.15) is 28.3 Å².